The number of hydrogen-bond donors (Lipinski definition) is 1. The van der Waals surface area contributed by atoms with Crippen molar-refractivity contribution in [2.24, 2.45) is 0 Å². The van der Waals surface area contributed by atoms with E-state index < -0.39 is 34.3 Å². The standard InChI is InChI=1S/C20H15N3O6S3/c1-29-13-8-6-12(7-9-13)10-15-19(26)23(20(30)31-15)21-17(24)11-22-18(25)14-4-2-3-5-16(14)32(22,27)28/h2-10H,11H2,1H3,(H,21,24)/b15-10+. The van der Waals surface area contributed by atoms with E-state index in [1.54, 1.807) is 37.5 Å². The summed E-state index contributed by atoms with van der Waals surface area (Å²) in [5.41, 5.74) is 3.01. The van der Waals surface area contributed by atoms with Gasteiger partial charge in [0.2, 0.25) is 0 Å². The highest BCUT2D eigenvalue weighted by Crippen LogP contribution is 2.32. The summed E-state index contributed by atoms with van der Waals surface area (Å²) in [5.74, 6) is -1.59. The van der Waals surface area contributed by atoms with E-state index in [-0.39, 0.29) is 19.7 Å². The summed E-state index contributed by atoms with van der Waals surface area (Å²) >= 11 is 6.16. The summed E-state index contributed by atoms with van der Waals surface area (Å²) in [6.07, 6.45) is 1.61. The summed E-state index contributed by atoms with van der Waals surface area (Å²) < 4.78 is 30.8. The van der Waals surface area contributed by atoms with E-state index in [1.165, 1.54) is 24.3 Å². The fourth-order valence-electron chi connectivity index (χ4n) is 3.09. The molecule has 164 valence electrons. The van der Waals surface area contributed by atoms with Gasteiger partial charge in [0.05, 0.1) is 17.6 Å². The Bertz CT molecular complexity index is 1290. The van der Waals surface area contributed by atoms with Gasteiger partial charge in [-0.1, -0.05) is 36.0 Å². The Hall–Kier alpha value is -3.22. The van der Waals surface area contributed by atoms with E-state index in [0.717, 1.165) is 22.3 Å². The SMILES string of the molecule is COc1ccc(/C=C2/SC(=S)N(NC(=O)CN3C(=O)c4ccccc4S3(=O)=O)C2=O)cc1. The number of rotatable bonds is 5. The third-order valence-electron chi connectivity index (χ3n) is 4.64. The quantitative estimate of drug-likeness (QED) is 0.500. The number of nitrogens with zero attached hydrogens (tertiary/aromatic N) is 2. The predicted octanol–water partition coefficient (Wildman–Crippen LogP) is 1.77. The second-order valence-electron chi connectivity index (χ2n) is 6.64. The molecule has 2 aromatic rings. The number of sulfonamides is 1. The molecule has 32 heavy (non-hydrogen) atoms. The van der Waals surface area contributed by atoms with Crippen LogP contribution in [-0.4, -0.2) is 53.4 Å². The lowest BCUT2D eigenvalue weighted by Gasteiger charge is -2.19. The van der Waals surface area contributed by atoms with E-state index in [0.29, 0.717) is 10.1 Å². The Morgan fingerprint density at radius 1 is 1.12 bits per heavy atom. The smallest absolute Gasteiger partial charge is 0.285 e. The van der Waals surface area contributed by atoms with Crippen LogP contribution < -0.4 is 10.2 Å². The third-order valence-corrected chi connectivity index (χ3v) is 7.73. The van der Waals surface area contributed by atoms with Crippen LogP contribution in [0, 0.1) is 0 Å². The van der Waals surface area contributed by atoms with Crippen LogP contribution in [-0.2, 0) is 19.6 Å². The van der Waals surface area contributed by atoms with Gasteiger partial charge in [-0.15, -0.1) is 0 Å². The van der Waals surface area contributed by atoms with Gasteiger partial charge in [-0.3, -0.25) is 19.8 Å². The zero-order chi connectivity index (χ0) is 23.0. The number of amides is 3. The Balaban J connectivity index is 1.47. The number of methoxy groups -OCH3 is 1. The van der Waals surface area contributed by atoms with Crippen molar-refractivity contribution in [2.45, 2.75) is 4.90 Å². The maximum atomic E-state index is 12.7. The lowest BCUT2D eigenvalue weighted by atomic mass is 10.2. The molecule has 2 aliphatic heterocycles. The monoisotopic (exact) mass is 489 g/mol. The summed E-state index contributed by atoms with van der Waals surface area (Å²) in [4.78, 5) is 37.8. The maximum Gasteiger partial charge on any atom is 0.285 e. The van der Waals surface area contributed by atoms with Crippen molar-refractivity contribution < 1.29 is 27.5 Å². The van der Waals surface area contributed by atoms with Crippen LogP contribution in [0.4, 0.5) is 0 Å². The largest absolute Gasteiger partial charge is 0.497 e. The minimum atomic E-state index is -4.15. The number of carbonyl (C=O) groups is 3. The van der Waals surface area contributed by atoms with Crippen LogP contribution in [0.2, 0.25) is 0 Å². The lowest BCUT2D eigenvalue weighted by Crippen LogP contribution is -2.49. The molecule has 4 rings (SSSR count). The number of nitrogens with one attached hydrogen (secondary N) is 1. The number of hydrogen-bond acceptors (Lipinski definition) is 8. The molecule has 0 unspecified atom stereocenters. The average Bonchev–Trinajstić information content (AvgIpc) is 3.14. The first kappa shape index (κ1) is 22.0. The first-order valence-electron chi connectivity index (χ1n) is 9.10. The average molecular weight is 490 g/mol. The van der Waals surface area contributed by atoms with Crippen LogP contribution in [0.5, 0.6) is 5.75 Å². The first-order valence-corrected chi connectivity index (χ1v) is 11.8. The fraction of sp³-hybridized carbons (Fsp3) is 0.100. The van der Waals surface area contributed by atoms with Gasteiger partial charge in [0.25, 0.3) is 27.7 Å². The highest BCUT2D eigenvalue weighted by molar-refractivity contribution is 8.26. The van der Waals surface area contributed by atoms with E-state index >= 15 is 0 Å². The minimum Gasteiger partial charge on any atom is -0.497 e. The van der Waals surface area contributed by atoms with Gasteiger partial charge in [0.15, 0.2) is 4.32 Å². The van der Waals surface area contributed by atoms with Crippen LogP contribution >= 0.6 is 24.0 Å². The normalized spacial score (nSPS) is 18.3. The molecule has 0 spiro atoms. The predicted molar refractivity (Wildman–Crippen MR) is 121 cm³/mol. The van der Waals surface area contributed by atoms with Gasteiger partial charge in [-0.05, 0) is 48.1 Å². The minimum absolute atomic E-state index is 0.00617. The van der Waals surface area contributed by atoms with Gasteiger partial charge in [0, 0.05) is 0 Å². The van der Waals surface area contributed by atoms with Gasteiger partial charge in [-0.25, -0.2) is 12.7 Å². The molecule has 2 heterocycles. The molecule has 3 amide bonds. The molecule has 2 aliphatic rings. The van der Waals surface area contributed by atoms with Crippen molar-refractivity contribution in [3.8, 4) is 5.75 Å². The van der Waals surface area contributed by atoms with Gasteiger partial charge < -0.3 is 4.74 Å². The number of thiocarbonyl (C=S) groups is 1. The number of hydrazine groups is 1. The Morgan fingerprint density at radius 3 is 2.47 bits per heavy atom. The molecule has 1 fully saturated rings. The molecule has 0 aromatic heterocycles. The van der Waals surface area contributed by atoms with Crippen molar-refractivity contribution in [1.82, 2.24) is 14.7 Å². The molecule has 12 heteroatoms. The van der Waals surface area contributed by atoms with Crippen molar-refractivity contribution >= 4 is 62.1 Å². The van der Waals surface area contributed by atoms with Crippen molar-refractivity contribution in [3.63, 3.8) is 0 Å². The Kier molecular flexibility index (Phi) is 5.75. The van der Waals surface area contributed by atoms with Gasteiger partial charge in [-0.2, -0.15) is 5.01 Å². The molecule has 0 bridgehead atoms. The number of ether oxygens (including phenoxy) is 1. The maximum absolute atomic E-state index is 12.7. The molecule has 0 aliphatic carbocycles. The Morgan fingerprint density at radius 2 is 1.81 bits per heavy atom. The van der Waals surface area contributed by atoms with Crippen molar-refractivity contribution in [2.75, 3.05) is 13.7 Å². The molecule has 2 aromatic carbocycles. The first-order chi connectivity index (χ1) is 15.2. The fourth-order valence-corrected chi connectivity index (χ4v) is 5.80. The molecule has 0 saturated carbocycles. The van der Waals surface area contributed by atoms with Crippen LogP contribution in [0.15, 0.2) is 58.3 Å². The summed E-state index contributed by atoms with van der Waals surface area (Å²) in [6, 6.07) is 12.7. The third kappa shape index (κ3) is 3.87. The summed E-state index contributed by atoms with van der Waals surface area (Å²) in [6.45, 7) is -0.787. The van der Waals surface area contributed by atoms with E-state index in [2.05, 4.69) is 5.43 Å². The van der Waals surface area contributed by atoms with Crippen LogP contribution in [0.25, 0.3) is 6.08 Å². The van der Waals surface area contributed by atoms with E-state index in [1.807, 2.05) is 0 Å². The number of carbonyl (C=O) groups excluding carboxylic acids is 3. The van der Waals surface area contributed by atoms with Crippen molar-refractivity contribution in [3.05, 3.63) is 64.6 Å². The zero-order valence-electron chi connectivity index (χ0n) is 16.5. The second-order valence-corrected chi connectivity index (χ2v) is 10.1. The molecule has 1 saturated heterocycles. The van der Waals surface area contributed by atoms with Gasteiger partial charge in [0.1, 0.15) is 17.2 Å². The van der Waals surface area contributed by atoms with E-state index in [4.69, 9.17) is 17.0 Å². The number of thioether (sulfide) groups is 1. The number of fused-ring (bicyclic) bond motifs is 1. The molecular formula is C20H15N3O6S3. The van der Waals surface area contributed by atoms with Crippen molar-refractivity contribution in [1.29, 1.82) is 0 Å². The summed E-state index contributed by atoms with van der Waals surface area (Å²) in [5, 5.41) is 0.859. The summed E-state index contributed by atoms with van der Waals surface area (Å²) in [7, 11) is -2.60. The van der Waals surface area contributed by atoms with Crippen LogP contribution in [0.3, 0.4) is 0 Å². The second kappa shape index (κ2) is 8.37. The van der Waals surface area contributed by atoms with E-state index in [9.17, 15) is 22.8 Å². The zero-order valence-corrected chi connectivity index (χ0v) is 18.9. The molecule has 9 nitrogen and oxygen atoms in total. The topological polar surface area (TPSA) is 113 Å². The molecule has 1 N–H and O–H groups in total. The van der Waals surface area contributed by atoms with Gasteiger partial charge >= 0.3 is 0 Å². The Labute approximate surface area is 193 Å². The highest BCUT2D eigenvalue weighted by Gasteiger charge is 2.42. The molecule has 0 atom stereocenters. The molecule has 0 radical (unpaired) electrons. The number of benzene rings is 2. The molecular weight excluding hydrogens is 474 g/mol. The highest BCUT2D eigenvalue weighted by atomic mass is 32.2. The van der Waals surface area contributed by atoms with Crippen LogP contribution in [0.1, 0.15) is 15.9 Å². The lowest BCUT2D eigenvalue weighted by molar-refractivity contribution is -0.133.